The van der Waals surface area contributed by atoms with E-state index < -0.39 is 23.4 Å². The minimum atomic E-state index is -4.64. The zero-order valence-corrected chi connectivity index (χ0v) is 8.34. The fourth-order valence-electron chi connectivity index (χ4n) is 1.07. The molecule has 0 aromatic carbocycles. The van der Waals surface area contributed by atoms with Crippen molar-refractivity contribution in [2.45, 2.75) is 13.1 Å². The topological polar surface area (TPSA) is 65.2 Å². The number of rotatable bonds is 2. The molecule has 1 heterocycles. The molecule has 2 N–H and O–H groups in total. The van der Waals surface area contributed by atoms with E-state index in [4.69, 9.17) is 5.73 Å². The van der Waals surface area contributed by atoms with Crippen LogP contribution in [0, 0.1) is 0 Å². The lowest BCUT2D eigenvalue weighted by Gasteiger charge is -2.11. The Morgan fingerprint density at radius 3 is 2.62 bits per heavy atom. The molecule has 1 aromatic heterocycles. The SMILES string of the molecule is CCOC(=O)c1cncc(C(F)(F)F)c1N. The fraction of sp³-hybridized carbons (Fsp3) is 0.333. The molecule has 16 heavy (non-hydrogen) atoms. The lowest BCUT2D eigenvalue weighted by atomic mass is 10.1. The molecule has 0 saturated heterocycles. The van der Waals surface area contributed by atoms with Crippen molar-refractivity contribution < 1.29 is 22.7 Å². The number of ether oxygens (including phenoxy) is 1. The van der Waals surface area contributed by atoms with Crippen molar-refractivity contribution in [2.75, 3.05) is 12.3 Å². The van der Waals surface area contributed by atoms with Gasteiger partial charge in [0, 0.05) is 12.4 Å². The summed E-state index contributed by atoms with van der Waals surface area (Å²) in [4.78, 5) is 14.5. The molecule has 0 aliphatic rings. The Bertz CT molecular complexity index is 404. The number of hydrogen-bond acceptors (Lipinski definition) is 4. The van der Waals surface area contributed by atoms with Gasteiger partial charge in [-0.25, -0.2) is 4.79 Å². The Kier molecular flexibility index (Phi) is 3.36. The molecule has 7 heteroatoms. The minimum absolute atomic E-state index is 0.0501. The summed E-state index contributed by atoms with van der Waals surface area (Å²) in [6.45, 7) is 1.59. The van der Waals surface area contributed by atoms with Gasteiger partial charge in [0.05, 0.1) is 17.9 Å². The van der Waals surface area contributed by atoms with Crippen LogP contribution in [0.15, 0.2) is 12.4 Å². The van der Waals surface area contributed by atoms with Crippen molar-refractivity contribution in [3.63, 3.8) is 0 Å². The first-order valence-electron chi connectivity index (χ1n) is 4.35. The maximum Gasteiger partial charge on any atom is 0.419 e. The van der Waals surface area contributed by atoms with Crippen LogP contribution in [0.5, 0.6) is 0 Å². The minimum Gasteiger partial charge on any atom is -0.462 e. The highest BCUT2D eigenvalue weighted by atomic mass is 19.4. The van der Waals surface area contributed by atoms with Gasteiger partial charge >= 0.3 is 12.1 Å². The second kappa shape index (κ2) is 4.38. The number of aromatic nitrogens is 1. The Balaban J connectivity index is 3.19. The molecular formula is C9H9F3N2O2. The smallest absolute Gasteiger partial charge is 0.419 e. The van der Waals surface area contributed by atoms with E-state index in [9.17, 15) is 18.0 Å². The van der Waals surface area contributed by atoms with E-state index in [-0.39, 0.29) is 12.2 Å². The second-order valence-electron chi connectivity index (χ2n) is 2.87. The van der Waals surface area contributed by atoms with Gasteiger partial charge in [0.15, 0.2) is 0 Å². The van der Waals surface area contributed by atoms with E-state index in [1.54, 1.807) is 0 Å². The van der Waals surface area contributed by atoms with Crippen LogP contribution >= 0.6 is 0 Å². The van der Waals surface area contributed by atoms with E-state index in [0.717, 1.165) is 6.20 Å². The molecule has 0 aliphatic carbocycles. The standard InChI is InChI=1S/C9H9F3N2O2/c1-2-16-8(15)5-3-14-4-6(7(5)13)9(10,11)12/h3-4H,2H2,1H3,(H2,13,14). The number of anilines is 1. The van der Waals surface area contributed by atoms with Gasteiger partial charge < -0.3 is 10.5 Å². The van der Waals surface area contributed by atoms with Crippen LogP contribution in [0.3, 0.4) is 0 Å². The third-order valence-corrected chi connectivity index (χ3v) is 1.79. The Hall–Kier alpha value is -1.79. The molecular weight excluding hydrogens is 225 g/mol. The average Bonchev–Trinajstić information content (AvgIpc) is 2.16. The predicted octanol–water partition coefficient (Wildman–Crippen LogP) is 1.86. The lowest BCUT2D eigenvalue weighted by molar-refractivity contribution is -0.137. The molecule has 0 atom stereocenters. The van der Waals surface area contributed by atoms with E-state index in [0.29, 0.717) is 6.20 Å². The summed E-state index contributed by atoms with van der Waals surface area (Å²) >= 11 is 0. The molecule has 0 bridgehead atoms. The van der Waals surface area contributed by atoms with Crippen LogP contribution in [0.25, 0.3) is 0 Å². The van der Waals surface area contributed by atoms with Gasteiger partial charge in [-0.3, -0.25) is 4.98 Å². The Morgan fingerprint density at radius 2 is 2.12 bits per heavy atom. The number of halogens is 3. The summed E-state index contributed by atoms with van der Waals surface area (Å²) < 4.78 is 41.8. The maximum atomic E-state index is 12.4. The van der Waals surface area contributed by atoms with E-state index >= 15 is 0 Å². The number of alkyl halides is 3. The maximum absolute atomic E-state index is 12.4. The summed E-state index contributed by atoms with van der Waals surface area (Å²) in [7, 11) is 0. The number of carbonyl (C=O) groups excluding carboxylic acids is 1. The number of hydrogen-bond donors (Lipinski definition) is 1. The molecule has 0 unspecified atom stereocenters. The third-order valence-electron chi connectivity index (χ3n) is 1.79. The molecule has 0 spiro atoms. The van der Waals surface area contributed by atoms with Crippen molar-refractivity contribution in [1.82, 2.24) is 4.98 Å². The summed E-state index contributed by atoms with van der Waals surface area (Å²) in [5.41, 5.74) is 3.06. The highest BCUT2D eigenvalue weighted by molar-refractivity contribution is 5.95. The Labute approximate surface area is 89.2 Å². The van der Waals surface area contributed by atoms with Crippen LogP contribution in [0.4, 0.5) is 18.9 Å². The normalized spacial score (nSPS) is 11.2. The van der Waals surface area contributed by atoms with Crippen molar-refractivity contribution in [3.05, 3.63) is 23.5 Å². The molecule has 0 fully saturated rings. The summed E-state index contributed by atoms with van der Waals surface area (Å²) in [5.74, 6) is -0.918. The molecule has 4 nitrogen and oxygen atoms in total. The van der Waals surface area contributed by atoms with Crippen LogP contribution in [0.1, 0.15) is 22.8 Å². The largest absolute Gasteiger partial charge is 0.462 e. The molecule has 1 rings (SSSR count). The van der Waals surface area contributed by atoms with Crippen molar-refractivity contribution >= 4 is 11.7 Å². The van der Waals surface area contributed by atoms with Gasteiger partial charge in [0.1, 0.15) is 5.56 Å². The first-order chi connectivity index (χ1) is 7.38. The average molecular weight is 234 g/mol. The van der Waals surface area contributed by atoms with Crippen LogP contribution in [0.2, 0.25) is 0 Å². The number of esters is 1. The van der Waals surface area contributed by atoms with Gasteiger partial charge in [-0.15, -0.1) is 0 Å². The van der Waals surface area contributed by atoms with Gasteiger partial charge in [-0.05, 0) is 6.92 Å². The fourth-order valence-corrected chi connectivity index (χ4v) is 1.07. The molecule has 1 aromatic rings. The van der Waals surface area contributed by atoms with Crippen LogP contribution in [-0.4, -0.2) is 17.6 Å². The Morgan fingerprint density at radius 1 is 1.50 bits per heavy atom. The van der Waals surface area contributed by atoms with Crippen molar-refractivity contribution in [2.24, 2.45) is 0 Å². The van der Waals surface area contributed by atoms with Gasteiger partial charge in [0.25, 0.3) is 0 Å². The second-order valence-corrected chi connectivity index (χ2v) is 2.87. The zero-order chi connectivity index (χ0) is 12.3. The number of carbonyl (C=O) groups is 1. The summed E-state index contributed by atoms with van der Waals surface area (Å²) in [6, 6.07) is 0. The van der Waals surface area contributed by atoms with Crippen molar-refractivity contribution in [3.8, 4) is 0 Å². The summed E-state index contributed by atoms with van der Waals surface area (Å²) in [5, 5.41) is 0. The quantitative estimate of drug-likeness (QED) is 0.793. The number of nitrogen functional groups attached to an aromatic ring is 1. The first kappa shape index (κ1) is 12.3. The molecule has 0 radical (unpaired) electrons. The van der Waals surface area contributed by atoms with Crippen LogP contribution < -0.4 is 5.73 Å². The van der Waals surface area contributed by atoms with E-state index in [1.165, 1.54) is 6.92 Å². The first-order valence-corrected chi connectivity index (χ1v) is 4.35. The van der Waals surface area contributed by atoms with Gasteiger partial charge in [-0.2, -0.15) is 13.2 Å². The molecule has 88 valence electrons. The van der Waals surface area contributed by atoms with E-state index in [1.807, 2.05) is 0 Å². The predicted molar refractivity (Wildman–Crippen MR) is 49.6 cm³/mol. The monoisotopic (exact) mass is 234 g/mol. The lowest BCUT2D eigenvalue weighted by Crippen LogP contribution is -2.15. The number of nitrogens with zero attached hydrogens (tertiary/aromatic N) is 1. The highest BCUT2D eigenvalue weighted by Gasteiger charge is 2.35. The highest BCUT2D eigenvalue weighted by Crippen LogP contribution is 2.34. The van der Waals surface area contributed by atoms with Crippen LogP contribution in [-0.2, 0) is 10.9 Å². The van der Waals surface area contributed by atoms with E-state index in [2.05, 4.69) is 9.72 Å². The third kappa shape index (κ3) is 2.41. The summed E-state index contributed by atoms with van der Waals surface area (Å²) in [6.07, 6.45) is -3.12. The zero-order valence-electron chi connectivity index (χ0n) is 8.34. The van der Waals surface area contributed by atoms with Crippen molar-refractivity contribution in [1.29, 1.82) is 0 Å². The number of nitrogens with two attached hydrogens (primary N) is 1. The number of pyridine rings is 1. The molecule has 0 saturated carbocycles. The molecule has 0 amide bonds. The molecule has 0 aliphatic heterocycles. The van der Waals surface area contributed by atoms with Gasteiger partial charge in [0.2, 0.25) is 0 Å². The van der Waals surface area contributed by atoms with Gasteiger partial charge in [-0.1, -0.05) is 0 Å².